The molecule has 0 radical (unpaired) electrons. The molecule has 0 aliphatic carbocycles. The number of nitrogens with one attached hydrogen (secondary N) is 1. The summed E-state index contributed by atoms with van der Waals surface area (Å²) in [7, 11) is 0. The van der Waals surface area contributed by atoms with Crippen molar-refractivity contribution in [3.8, 4) is 11.8 Å². The van der Waals surface area contributed by atoms with Crippen LogP contribution < -0.4 is 10.1 Å². The fourth-order valence-corrected chi connectivity index (χ4v) is 3.41. The molecule has 0 aromatic heterocycles. The number of nitrogens with zero attached hydrogens (tertiary/aromatic N) is 1. The van der Waals surface area contributed by atoms with Crippen molar-refractivity contribution in [3.05, 3.63) is 30.3 Å². The molecule has 1 amide bonds. The van der Waals surface area contributed by atoms with Gasteiger partial charge in [-0.3, -0.25) is 4.79 Å². The van der Waals surface area contributed by atoms with E-state index in [4.69, 9.17) is 4.74 Å². The molecule has 0 saturated carbocycles. The highest BCUT2D eigenvalue weighted by Gasteiger charge is 2.36. The first kappa shape index (κ1) is 15.7. The fourth-order valence-electron chi connectivity index (χ4n) is 2.14. The molecule has 4 nitrogen and oxygen atoms in total. The minimum atomic E-state index is -0.670. The first-order valence-electron chi connectivity index (χ1n) is 7.14. The molecule has 112 valence electrons. The van der Waals surface area contributed by atoms with E-state index >= 15 is 0 Å². The van der Waals surface area contributed by atoms with Crippen molar-refractivity contribution in [2.24, 2.45) is 5.92 Å². The second-order valence-electron chi connectivity index (χ2n) is 5.34. The van der Waals surface area contributed by atoms with Crippen LogP contribution in [0.2, 0.25) is 0 Å². The number of rotatable bonds is 6. The Morgan fingerprint density at radius 2 is 2.29 bits per heavy atom. The largest absolute Gasteiger partial charge is 0.494 e. The van der Waals surface area contributed by atoms with E-state index in [1.54, 1.807) is 11.8 Å². The topological polar surface area (TPSA) is 62.1 Å². The van der Waals surface area contributed by atoms with Crippen molar-refractivity contribution >= 4 is 17.7 Å². The monoisotopic (exact) mass is 304 g/mol. The smallest absolute Gasteiger partial charge is 0.224 e. The number of nitriles is 1. The number of carbonyl (C=O) groups excluding carboxylic acids is 1. The SMILES string of the molecule is C[C@@H](CCOc1ccccc1)C(=O)N[C@]1(C#N)CCSC1. The lowest BCUT2D eigenvalue weighted by atomic mass is 9.99. The van der Waals surface area contributed by atoms with Crippen LogP contribution >= 0.6 is 11.8 Å². The fraction of sp³-hybridized carbons (Fsp3) is 0.500. The maximum Gasteiger partial charge on any atom is 0.224 e. The Labute approximate surface area is 129 Å². The van der Waals surface area contributed by atoms with E-state index in [1.165, 1.54) is 0 Å². The lowest BCUT2D eigenvalue weighted by Crippen LogP contribution is -2.49. The summed E-state index contributed by atoms with van der Waals surface area (Å²) in [4.78, 5) is 12.2. The highest BCUT2D eigenvalue weighted by atomic mass is 32.2. The van der Waals surface area contributed by atoms with Gasteiger partial charge in [0.05, 0.1) is 12.7 Å². The lowest BCUT2D eigenvalue weighted by Gasteiger charge is -2.23. The van der Waals surface area contributed by atoms with E-state index in [-0.39, 0.29) is 11.8 Å². The van der Waals surface area contributed by atoms with Crippen molar-refractivity contribution in [3.63, 3.8) is 0 Å². The minimum Gasteiger partial charge on any atom is -0.494 e. The lowest BCUT2D eigenvalue weighted by molar-refractivity contribution is -0.126. The third kappa shape index (κ3) is 4.40. The zero-order chi connectivity index (χ0) is 15.1. The first-order valence-corrected chi connectivity index (χ1v) is 8.29. The molecule has 1 aliphatic rings. The summed E-state index contributed by atoms with van der Waals surface area (Å²) < 4.78 is 5.60. The number of hydrogen-bond donors (Lipinski definition) is 1. The number of para-hydroxylation sites is 1. The predicted octanol–water partition coefficient (Wildman–Crippen LogP) is 2.61. The molecule has 2 rings (SSSR count). The minimum absolute atomic E-state index is 0.0595. The zero-order valence-electron chi connectivity index (χ0n) is 12.2. The van der Waals surface area contributed by atoms with E-state index in [1.807, 2.05) is 37.3 Å². The maximum absolute atomic E-state index is 12.2. The molecule has 0 bridgehead atoms. The summed E-state index contributed by atoms with van der Waals surface area (Å²) >= 11 is 1.71. The van der Waals surface area contributed by atoms with Gasteiger partial charge in [-0.05, 0) is 30.7 Å². The summed E-state index contributed by atoms with van der Waals surface area (Å²) in [5, 5.41) is 12.2. The van der Waals surface area contributed by atoms with Gasteiger partial charge in [0, 0.05) is 11.7 Å². The van der Waals surface area contributed by atoms with Gasteiger partial charge < -0.3 is 10.1 Å². The van der Waals surface area contributed by atoms with Gasteiger partial charge in [0.2, 0.25) is 5.91 Å². The van der Waals surface area contributed by atoms with Gasteiger partial charge in [0.1, 0.15) is 11.3 Å². The van der Waals surface area contributed by atoms with E-state index in [2.05, 4.69) is 11.4 Å². The van der Waals surface area contributed by atoms with Crippen molar-refractivity contribution in [2.45, 2.75) is 25.3 Å². The number of ether oxygens (including phenoxy) is 1. The second kappa shape index (κ2) is 7.37. The van der Waals surface area contributed by atoms with Crippen LogP contribution in [0.15, 0.2) is 30.3 Å². The third-order valence-electron chi connectivity index (χ3n) is 3.61. The number of hydrogen-bond acceptors (Lipinski definition) is 4. The van der Waals surface area contributed by atoms with E-state index in [9.17, 15) is 10.1 Å². The summed E-state index contributed by atoms with van der Waals surface area (Å²) in [6.45, 7) is 2.36. The quantitative estimate of drug-likeness (QED) is 0.877. The van der Waals surface area contributed by atoms with Crippen LogP contribution in [0.5, 0.6) is 5.75 Å². The van der Waals surface area contributed by atoms with Crippen molar-refractivity contribution in [1.29, 1.82) is 5.26 Å². The van der Waals surface area contributed by atoms with Gasteiger partial charge in [0.15, 0.2) is 0 Å². The van der Waals surface area contributed by atoms with Crippen LogP contribution in [0.1, 0.15) is 19.8 Å². The highest BCUT2D eigenvalue weighted by molar-refractivity contribution is 7.99. The standard InChI is InChI=1S/C16H20N2O2S/c1-13(7-9-20-14-5-3-2-4-6-14)15(19)18-16(11-17)8-10-21-12-16/h2-6,13H,7-10,12H2,1H3,(H,18,19)/t13-,16-/m0/s1. The van der Waals surface area contributed by atoms with Gasteiger partial charge >= 0.3 is 0 Å². The number of benzene rings is 1. The van der Waals surface area contributed by atoms with Gasteiger partial charge in [-0.15, -0.1) is 0 Å². The maximum atomic E-state index is 12.2. The molecule has 1 aromatic rings. The molecule has 0 unspecified atom stereocenters. The Balaban J connectivity index is 1.76. The first-order chi connectivity index (χ1) is 10.2. The van der Waals surface area contributed by atoms with Crippen LogP contribution in [0.25, 0.3) is 0 Å². The van der Waals surface area contributed by atoms with E-state index in [0.29, 0.717) is 18.8 Å². The normalized spacial score (nSPS) is 22.3. The summed E-state index contributed by atoms with van der Waals surface area (Å²) in [6, 6.07) is 11.8. The molecular weight excluding hydrogens is 284 g/mol. The van der Waals surface area contributed by atoms with Crippen LogP contribution in [-0.2, 0) is 4.79 Å². The molecule has 1 heterocycles. The molecule has 21 heavy (non-hydrogen) atoms. The Bertz CT molecular complexity index is 507. The summed E-state index contributed by atoms with van der Waals surface area (Å²) in [5.74, 6) is 2.20. The molecular formula is C16H20N2O2S. The number of carbonyl (C=O) groups is 1. The van der Waals surface area contributed by atoms with Gasteiger partial charge in [-0.1, -0.05) is 25.1 Å². The van der Waals surface area contributed by atoms with E-state index < -0.39 is 5.54 Å². The van der Waals surface area contributed by atoms with Gasteiger partial charge in [0.25, 0.3) is 0 Å². The van der Waals surface area contributed by atoms with Crippen LogP contribution in [0.3, 0.4) is 0 Å². The van der Waals surface area contributed by atoms with Crippen LogP contribution in [0, 0.1) is 17.2 Å². The van der Waals surface area contributed by atoms with Gasteiger partial charge in [-0.2, -0.15) is 17.0 Å². The second-order valence-corrected chi connectivity index (χ2v) is 6.44. The van der Waals surface area contributed by atoms with Crippen LogP contribution in [-0.4, -0.2) is 29.6 Å². The molecule has 1 N–H and O–H groups in total. The molecule has 1 aromatic carbocycles. The number of amides is 1. The molecule has 0 spiro atoms. The zero-order valence-corrected chi connectivity index (χ0v) is 13.0. The number of thioether (sulfide) groups is 1. The average Bonchev–Trinajstić information content (AvgIpc) is 2.97. The van der Waals surface area contributed by atoms with E-state index in [0.717, 1.165) is 17.9 Å². The summed E-state index contributed by atoms with van der Waals surface area (Å²) in [6.07, 6.45) is 1.36. The molecule has 1 saturated heterocycles. The Morgan fingerprint density at radius 3 is 2.90 bits per heavy atom. The summed E-state index contributed by atoms with van der Waals surface area (Å²) in [5.41, 5.74) is -0.670. The third-order valence-corrected chi connectivity index (χ3v) is 4.80. The predicted molar refractivity (Wildman–Crippen MR) is 84.1 cm³/mol. The Morgan fingerprint density at radius 1 is 1.52 bits per heavy atom. The molecule has 5 heteroatoms. The Kier molecular flexibility index (Phi) is 5.51. The van der Waals surface area contributed by atoms with Crippen molar-refractivity contribution in [2.75, 3.05) is 18.1 Å². The Hall–Kier alpha value is -1.67. The molecule has 1 fully saturated rings. The van der Waals surface area contributed by atoms with Crippen LogP contribution in [0.4, 0.5) is 0 Å². The van der Waals surface area contributed by atoms with Crippen molar-refractivity contribution < 1.29 is 9.53 Å². The van der Waals surface area contributed by atoms with Crippen molar-refractivity contribution in [1.82, 2.24) is 5.32 Å². The van der Waals surface area contributed by atoms with Gasteiger partial charge in [-0.25, -0.2) is 0 Å². The molecule has 2 atom stereocenters. The average molecular weight is 304 g/mol. The highest BCUT2D eigenvalue weighted by Crippen LogP contribution is 2.27. The molecule has 1 aliphatic heterocycles.